The first-order valence-corrected chi connectivity index (χ1v) is 7.35. The highest BCUT2D eigenvalue weighted by molar-refractivity contribution is 9.10. The smallest absolute Gasteiger partial charge is 0.0934 e. The van der Waals surface area contributed by atoms with Crippen LogP contribution in [0.2, 0.25) is 0 Å². The summed E-state index contributed by atoms with van der Waals surface area (Å²) in [7, 11) is 1.69. The van der Waals surface area contributed by atoms with E-state index in [1.165, 1.54) is 0 Å². The largest absolute Gasteiger partial charge is 0.379 e. The summed E-state index contributed by atoms with van der Waals surface area (Å²) in [5, 5.41) is 4.57. The van der Waals surface area contributed by atoms with Crippen molar-refractivity contribution in [2.45, 2.75) is 25.5 Å². The number of nitrogens with zero attached hydrogens (tertiary/aromatic N) is 1. The van der Waals surface area contributed by atoms with Crippen molar-refractivity contribution in [2.24, 2.45) is 5.73 Å². The van der Waals surface area contributed by atoms with Crippen LogP contribution in [0.3, 0.4) is 0 Å². The molecule has 2 unspecified atom stereocenters. The molecular formula is C15H20BrN3O. The van der Waals surface area contributed by atoms with Gasteiger partial charge in [-0.25, -0.2) is 0 Å². The summed E-state index contributed by atoms with van der Waals surface area (Å²) in [6.07, 6.45) is 1.78. The van der Waals surface area contributed by atoms with Crippen LogP contribution in [-0.2, 0) is 4.74 Å². The summed E-state index contributed by atoms with van der Waals surface area (Å²) >= 11 is 3.44. The maximum Gasteiger partial charge on any atom is 0.0934 e. The first kappa shape index (κ1) is 15.2. The number of fused-ring (bicyclic) bond motifs is 1. The van der Waals surface area contributed by atoms with Gasteiger partial charge >= 0.3 is 0 Å². The quantitative estimate of drug-likeness (QED) is 0.879. The number of rotatable bonds is 5. The van der Waals surface area contributed by atoms with Crippen molar-refractivity contribution in [2.75, 3.05) is 19.0 Å². The molecule has 5 heteroatoms. The molecule has 1 heterocycles. The summed E-state index contributed by atoms with van der Waals surface area (Å²) in [6.45, 7) is 4.53. The Morgan fingerprint density at radius 3 is 2.90 bits per heavy atom. The molecule has 0 bridgehead atoms. The van der Waals surface area contributed by atoms with E-state index in [1.54, 1.807) is 13.3 Å². The van der Waals surface area contributed by atoms with Crippen molar-refractivity contribution in [1.82, 2.24) is 4.98 Å². The molecule has 0 amide bonds. The molecular weight excluding hydrogens is 318 g/mol. The molecule has 0 saturated carbocycles. The van der Waals surface area contributed by atoms with E-state index in [0.717, 1.165) is 21.1 Å². The van der Waals surface area contributed by atoms with Crippen LogP contribution in [0.4, 0.5) is 5.69 Å². The first-order valence-electron chi connectivity index (χ1n) is 6.55. The number of para-hydroxylation sites is 1. The number of benzene rings is 1. The molecule has 0 saturated heterocycles. The summed E-state index contributed by atoms with van der Waals surface area (Å²) in [4.78, 5) is 4.49. The molecule has 0 fully saturated rings. The molecule has 0 spiro atoms. The fraction of sp³-hybridized carbons (Fsp3) is 0.400. The van der Waals surface area contributed by atoms with Gasteiger partial charge in [-0.15, -0.1) is 0 Å². The van der Waals surface area contributed by atoms with Crippen LogP contribution in [0.1, 0.15) is 13.8 Å². The molecule has 2 aromatic rings. The Morgan fingerprint density at radius 2 is 2.25 bits per heavy atom. The lowest BCUT2D eigenvalue weighted by atomic mass is 9.95. The Bertz CT molecular complexity index is 605. The highest BCUT2D eigenvalue weighted by Gasteiger charge is 2.30. The van der Waals surface area contributed by atoms with Gasteiger partial charge in [0.15, 0.2) is 0 Å². The summed E-state index contributed by atoms with van der Waals surface area (Å²) in [6, 6.07) is 8.11. The molecule has 1 aromatic carbocycles. The van der Waals surface area contributed by atoms with E-state index in [9.17, 15) is 0 Å². The van der Waals surface area contributed by atoms with Crippen LogP contribution in [0.25, 0.3) is 10.9 Å². The van der Waals surface area contributed by atoms with Crippen LogP contribution in [0.15, 0.2) is 34.9 Å². The average Bonchev–Trinajstić information content (AvgIpc) is 2.46. The van der Waals surface area contributed by atoms with E-state index in [-0.39, 0.29) is 11.6 Å². The van der Waals surface area contributed by atoms with Crippen LogP contribution >= 0.6 is 15.9 Å². The number of hydrogen-bond donors (Lipinski definition) is 2. The van der Waals surface area contributed by atoms with Gasteiger partial charge in [-0.3, -0.25) is 4.98 Å². The number of anilines is 1. The Hall–Kier alpha value is -1.17. The molecule has 2 rings (SSSR count). The van der Waals surface area contributed by atoms with Gasteiger partial charge < -0.3 is 15.8 Å². The Kier molecular flexibility index (Phi) is 4.62. The van der Waals surface area contributed by atoms with Crippen molar-refractivity contribution in [3.8, 4) is 0 Å². The second-order valence-corrected chi connectivity index (χ2v) is 6.07. The van der Waals surface area contributed by atoms with E-state index in [2.05, 4.69) is 33.2 Å². The summed E-state index contributed by atoms with van der Waals surface area (Å²) in [5.74, 6) is 0. The van der Waals surface area contributed by atoms with Gasteiger partial charge in [0.1, 0.15) is 0 Å². The third kappa shape index (κ3) is 2.95. The lowest BCUT2D eigenvalue weighted by Crippen LogP contribution is -2.52. The van der Waals surface area contributed by atoms with E-state index in [4.69, 9.17) is 10.5 Å². The highest BCUT2D eigenvalue weighted by Crippen LogP contribution is 2.27. The predicted octanol–water partition coefficient (Wildman–Crippen LogP) is 3.16. The Morgan fingerprint density at radius 1 is 1.50 bits per heavy atom. The number of pyridine rings is 1. The minimum atomic E-state index is -0.349. The van der Waals surface area contributed by atoms with Crippen molar-refractivity contribution in [3.63, 3.8) is 0 Å². The van der Waals surface area contributed by atoms with E-state index in [1.807, 2.05) is 31.2 Å². The van der Waals surface area contributed by atoms with Crippen molar-refractivity contribution in [1.29, 1.82) is 0 Å². The average molecular weight is 338 g/mol. The summed E-state index contributed by atoms with van der Waals surface area (Å²) < 4.78 is 6.41. The molecule has 0 radical (unpaired) electrons. The van der Waals surface area contributed by atoms with Gasteiger partial charge in [0.05, 0.1) is 22.8 Å². The van der Waals surface area contributed by atoms with Gasteiger partial charge in [-0.05, 0) is 41.9 Å². The molecule has 20 heavy (non-hydrogen) atoms. The van der Waals surface area contributed by atoms with Crippen LogP contribution in [0, 0.1) is 0 Å². The second-order valence-electron chi connectivity index (χ2n) is 5.16. The number of aromatic nitrogens is 1. The fourth-order valence-corrected chi connectivity index (χ4v) is 2.47. The topological polar surface area (TPSA) is 60.2 Å². The molecule has 0 aliphatic rings. The minimum Gasteiger partial charge on any atom is -0.379 e. The number of nitrogens with two attached hydrogens (primary N) is 1. The number of methoxy groups -OCH3 is 1. The van der Waals surface area contributed by atoms with Gasteiger partial charge in [0, 0.05) is 29.7 Å². The lowest BCUT2D eigenvalue weighted by Gasteiger charge is -2.35. The number of hydrogen-bond acceptors (Lipinski definition) is 4. The van der Waals surface area contributed by atoms with Crippen molar-refractivity contribution in [3.05, 3.63) is 34.9 Å². The van der Waals surface area contributed by atoms with E-state index < -0.39 is 0 Å². The molecule has 3 N–H and O–H groups in total. The fourth-order valence-electron chi connectivity index (χ4n) is 2.12. The minimum absolute atomic E-state index is 0.0156. The van der Waals surface area contributed by atoms with E-state index >= 15 is 0 Å². The number of halogens is 1. The lowest BCUT2D eigenvalue weighted by molar-refractivity contribution is 0.0689. The van der Waals surface area contributed by atoms with Gasteiger partial charge in [-0.1, -0.05) is 12.1 Å². The van der Waals surface area contributed by atoms with Gasteiger partial charge in [0.2, 0.25) is 0 Å². The van der Waals surface area contributed by atoms with Crippen LogP contribution in [0.5, 0.6) is 0 Å². The van der Waals surface area contributed by atoms with Gasteiger partial charge in [0.25, 0.3) is 0 Å². The maximum atomic E-state index is 5.93. The molecule has 2 atom stereocenters. The Balaban J connectivity index is 2.43. The highest BCUT2D eigenvalue weighted by atomic mass is 79.9. The molecule has 4 nitrogen and oxygen atoms in total. The van der Waals surface area contributed by atoms with Gasteiger partial charge in [-0.2, -0.15) is 0 Å². The number of nitrogens with one attached hydrogen (secondary N) is 1. The predicted molar refractivity (Wildman–Crippen MR) is 87.0 cm³/mol. The van der Waals surface area contributed by atoms with Crippen molar-refractivity contribution >= 4 is 32.5 Å². The molecule has 1 aromatic heterocycles. The summed E-state index contributed by atoms with van der Waals surface area (Å²) in [5.41, 5.74) is 7.47. The molecule has 0 aliphatic heterocycles. The SMILES string of the molecule is COC(C)C(C)(CN)Nc1cccc2cc(Br)cnc12. The zero-order valence-electron chi connectivity index (χ0n) is 12.0. The van der Waals surface area contributed by atoms with Crippen LogP contribution in [-0.4, -0.2) is 30.3 Å². The number of ether oxygens (including phenoxy) is 1. The zero-order chi connectivity index (χ0) is 14.8. The second kappa shape index (κ2) is 6.08. The van der Waals surface area contributed by atoms with Crippen LogP contribution < -0.4 is 11.1 Å². The standard InChI is InChI=1S/C15H20BrN3O/c1-10(20-3)15(2,9-17)19-13-6-4-5-11-7-12(16)8-18-14(11)13/h4-8,10,19H,9,17H2,1-3H3. The maximum absolute atomic E-state index is 5.93. The molecule has 108 valence electrons. The zero-order valence-corrected chi connectivity index (χ0v) is 13.6. The van der Waals surface area contributed by atoms with Crippen molar-refractivity contribution < 1.29 is 4.74 Å². The monoisotopic (exact) mass is 337 g/mol. The Labute approximate surface area is 127 Å². The first-order chi connectivity index (χ1) is 9.50. The normalized spacial score (nSPS) is 15.8. The molecule has 0 aliphatic carbocycles. The third-order valence-electron chi connectivity index (χ3n) is 3.77. The van der Waals surface area contributed by atoms with E-state index in [0.29, 0.717) is 6.54 Å². The third-order valence-corrected chi connectivity index (χ3v) is 4.21.